The molecule has 7 rings (SSSR count). The van der Waals surface area contributed by atoms with E-state index in [0.29, 0.717) is 0 Å². The lowest BCUT2D eigenvalue weighted by Gasteiger charge is -2.18. The molecule has 0 aliphatic heterocycles. The summed E-state index contributed by atoms with van der Waals surface area (Å²) in [5.41, 5.74) is 0. The van der Waals surface area contributed by atoms with Gasteiger partial charge in [0.05, 0.1) is 0 Å². The van der Waals surface area contributed by atoms with Gasteiger partial charge in [-0.25, -0.2) is 0 Å². The van der Waals surface area contributed by atoms with Crippen molar-refractivity contribution >= 4 is 0 Å². The second-order valence-electron chi connectivity index (χ2n) is 14.3. The molecular formula is C35H70. The lowest BCUT2D eigenvalue weighted by atomic mass is 9.88. The molecule has 0 spiro atoms. The molecular weight excluding hydrogens is 420 g/mol. The normalized spacial score (nSPS) is 25.8. The highest BCUT2D eigenvalue weighted by Gasteiger charge is 2.12. The van der Waals surface area contributed by atoms with Crippen molar-refractivity contribution in [2.24, 2.45) is 41.4 Å². The number of hydrogen-bond donors (Lipinski definition) is 0. The average Bonchev–Trinajstić information content (AvgIpc) is 2.71. The molecule has 0 bridgehead atoms. The van der Waals surface area contributed by atoms with E-state index in [1.807, 2.05) is 0 Å². The van der Waals surface area contributed by atoms with Crippen LogP contribution in [-0.2, 0) is 0 Å². The highest BCUT2D eigenvalue weighted by molar-refractivity contribution is 4.65. The summed E-state index contributed by atoms with van der Waals surface area (Å²) in [6.45, 7) is 16.2. The van der Waals surface area contributed by atoms with Gasteiger partial charge >= 0.3 is 0 Å². The SMILES string of the molecule is CC1CCC1.CC1CCC1.CC1CCC1.CC1CCC1.CC1CCC1.CC1CCC1.CC1CCC1. The van der Waals surface area contributed by atoms with Crippen LogP contribution in [0.5, 0.6) is 0 Å². The Labute approximate surface area is 224 Å². The predicted molar refractivity (Wildman–Crippen MR) is 161 cm³/mol. The van der Waals surface area contributed by atoms with Crippen LogP contribution in [0.15, 0.2) is 0 Å². The van der Waals surface area contributed by atoms with E-state index in [1.165, 1.54) is 135 Å². The summed E-state index contributed by atoms with van der Waals surface area (Å²) in [6.07, 6.45) is 31.2. The van der Waals surface area contributed by atoms with Gasteiger partial charge in [-0.1, -0.05) is 183 Å². The zero-order chi connectivity index (χ0) is 25.9. The van der Waals surface area contributed by atoms with Crippen LogP contribution in [0.4, 0.5) is 0 Å². The fourth-order valence-electron chi connectivity index (χ4n) is 4.29. The highest BCUT2D eigenvalue weighted by atomic mass is 14.2. The fraction of sp³-hybridized carbons (Fsp3) is 1.00. The van der Waals surface area contributed by atoms with E-state index >= 15 is 0 Å². The van der Waals surface area contributed by atoms with E-state index in [2.05, 4.69) is 48.5 Å². The molecule has 0 saturated heterocycles. The van der Waals surface area contributed by atoms with Crippen LogP contribution in [0.1, 0.15) is 183 Å². The Kier molecular flexibility index (Phi) is 19.8. The Morgan fingerprint density at radius 3 is 0.257 bits per heavy atom. The smallest absolute Gasteiger partial charge is 0.0443 e. The lowest BCUT2D eigenvalue weighted by Crippen LogP contribution is -2.04. The van der Waals surface area contributed by atoms with Crippen molar-refractivity contribution in [1.29, 1.82) is 0 Å². The van der Waals surface area contributed by atoms with Gasteiger partial charge in [0.1, 0.15) is 0 Å². The van der Waals surface area contributed by atoms with Crippen molar-refractivity contribution in [3.8, 4) is 0 Å². The van der Waals surface area contributed by atoms with Crippen molar-refractivity contribution in [3.63, 3.8) is 0 Å². The summed E-state index contributed by atoms with van der Waals surface area (Å²) in [6, 6.07) is 0. The zero-order valence-corrected chi connectivity index (χ0v) is 25.9. The Morgan fingerprint density at radius 1 is 0.200 bits per heavy atom. The first kappa shape index (κ1) is 33.0. The Morgan fingerprint density at radius 2 is 0.257 bits per heavy atom. The Hall–Kier alpha value is 0. The van der Waals surface area contributed by atoms with Crippen molar-refractivity contribution in [2.45, 2.75) is 183 Å². The number of hydrogen-bond acceptors (Lipinski definition) is 0. The largest absolute Gasteiger partial charge is 0.0625 e. The first-order chi connectivity index (χ1) is 16.8. The van der Waals surface area contributed by atoms with E-state index in [0.717, 1.165) is 41.4 Å². The molecule has 7 aliphatic rings. The monoisotopic (exact) mass is 491 g/mol. The first-order valence-corrected chi connectivity index (χ1v) is 16.8. The van der Waals surface area contributed by atoms with Crippen LogP contribution in [0.3, 0.4) is 0 Å². The third kappa shape index (κ3) is 19.7. The van der Waals surface area contributed by atoms with E-state index < -0.39 is 0 Å². The van der Waals surface area contributed by atoms with Crippen molar-refractivity contribution in [2.75, 3.05) is 0 Å². The van der Waals surface area contributed by atoms with E-state index in [1.54, 1.807) is 0 Å². The van der Waals surface area contributed by atoms with Gasteiger partial charge in [-0.2, -0.15) is 0 Å². The van der Waals surface area contributed by atoms with Gasteiger partial charge in [-0.05, 0) is 41.4 Å². The van der Waals surface area contributed by atoms with E-state index in [4.69, 9.17) is 0 Å². The summed E-state index contributed by atoms with van der Waals surface area (Å²) in [5.74, 6) is 7.45. The van der Waals surface area contributed by atoms with E-state index in [-0.39, 0.29) is 0 Å². The standard InChI is InChI=1S/7C5H10/c7*1-5-3-2-4-5/h7*5H,2-4H2,1H3. The quantitative estimate of drug-likeness (QED) is 0.316. The Balaban J connectivity index is 0.000000204. The van der Waals surface area contributed by atoms with Gasteiger partial charge in [0.15, 0.2) is 0 Å². The van der Waals surface area contributed by atoms with Gasteiger partial charge < -0.3 is 0 Å². The summed E-state index contributed by atoms with van der Waals surface area (Å²) in [5, 5.41) is 0. The average molecular weight is 491 g/mol. The van der Waals surface area contributed by atoms with Gasteiger partial charge in [0.25, 0.3) is 0 Å². The van der Waals surface area contributed by atoms with Crippen LogP contribution in [0.25, 0.3) is 0 Å². The molecule has 0 N–H and O–H groups in total. The van der Waals surface area contributed by atoms with Gasteiger partial charge in [0.2, 0.25) is 0 Å². The summed E-state index contributed by atoms with van der Waals surface area (Å²) in [4.78, 5) is 0. The molecule has 0 unspecified atom stereocenters. The molecule has 0 radical (unpaired) electrons. The molecule has 0 aromatic carbocycles. The molecule has 7 aliphatic carbocycles. The minimum atomic E-state index is 1.06. The minimum absolute atomic E-state index is 1.06. The maximum atomic E-state index is 2.31. The molecule has 0 amide bonds. The second kappa shape index (κ2) is 21.0. The fourth-order valence-corrected chi connectivity index (χ4v) is 4.29. The topological polar surface area (TPSA) is 0 Å². The van der Waals surface area contributed by atoms with Crippen LogP contribution in [0.2, 0.25) is 0 Å². The summed E-state index contributed by atoms with van der Waals surface area (Å²) >= 11 is 0. The van der Waals surface area contributed by atoms with Gasteiger partial charge in [-0.3, -0.25) is 0 Å². The van der Waals surface area contributed by atoms with Gasteiger partial charge in [-0.15, -0.1) is 0 Å². The highest BCUT2D eigenvalue weighted by Crippen LogP contribution is 2.27. The molecule has 0 atom stereocenters. The van der Waals surface area contributed by atoms with Crippen LogP contribution in [0, 0.1) is 41.4 Å². The maximum absolute atomic E-state index is 2.31. The molecule has 7 saturated carbocycles. The van der Waals surface area contributed by atoms with Crippen molar-refractivity contribution in [3.05, 3.63) is 0 Å². The Bertz CT molecular complexity index is 307. The molecule has 7 fully saturated rings. The van der Waals surface area contributed by atoms with E-state index in [9.17, 15) is 0 Å². The minimum Gasteiger partial charge on any atom is -0.0625 e. The predicted octanol–water partition coefficient (Wildman–Crippen LogP) is 12.6. The maximum Gasteiger partial charge on any atom is -0.0443 e. The van der Waals surface area contributed by atoms with Crippen molar-refractivity contribution < 1.29 is 0 Å². The van der Waals surface area contributed by atoms with Gasteiger partial charge in [0, 0.05) is 0 Å². The number of rotatable bonds is 0. The third-order valence-electron chi connectivity index (χ3n) is 9.76. The molecule has 0 heteroatoms. The summed E-state index contributed by atoms with van der Waals surface area (Å²) in [7, 11) is 0. The second-order valence-corrected chi connectivity index (χ2v) is 14.3. The molecule has 35 heavy (non-hydrogen) atoms. The molecule has 210 valence electrons. The summed E-state index contributed by atoms with van der Waals surface area (Å²) < 4.78 is 0. The van der Waals surface area contributed by atoms with Crippen LogP contribution >= 0.6 is 0 Å². The first-order valence-electron chi connectivity index (χ1n) is 16.8. The molecule has 0 aromatic heterocycles. The zero-order valence-electron chi connectivity index (χ0n) is 25.9. The molecule has 0 heterocycles. The third-order valence-corrected chi connectivity index (χ3v) is 9.76. The van der Waals surface area contributed by atoms with Crippen LogP contribution in [-0.4, -0.2) is 0 Å². The van der Waals surface area contributed by atoms with Crippen LogP contribution < -0.4 is 0 Å². The lowest BCUT2D eigenvalue weighted by molar-refractivity contribution is 0.346. The van der Waals surface area contributed by atoms with Crippen molar-refractivity contribution in [1.82, 2.24) is 0 Å². The molecule has 0 nitrogen and oxygen atoms in total. The molecule has 0 aromatic rings.